The molecule has 3 aromatic carbocycles. The van der Waals surface area contributed by atoms with Crippen LogP contribution in [0.25, 0.3) is 10.2 Å². The van der Waals surface area contributed by atoms with Crippen LogP contribution >= 0.6 is 11.3 Å². The van der Waals surface area contributed by atoms with Crippen molar-refractivity contribution < 1.29 is 18.7 Å². The molecule has 156 valence electrons. The molecule has 1 aromatic heterocycles. The number of carbonyl (C=O) groups is 1. The Morgan fingerprint density at radius 2 is 1.94 bits per heavy atom. The Balaban J connectivity index is 1.47. The van der Waals surface area contributed by atoms with Gasteiger partial charge in [-0.25, -0.2) is 14.2 Å². The molecule has 4 rings (SSSR count). The summed E-state index contributed by atoms with van der Waals surface area (Å²) >= 11 is 1.51. The summed E-state index contributed by atoms with van der Waals surface area (Å²) in [6.07, 6.45) is 1.63. The normalized spacial score (nSPS) is 11.0. The van der Waals surface area contributed by atoms with Gasteiger partial charge in [-0.2, -0.15) is 5.10 Å². The number of hydrogen-bond donors (Lipinski definition) is 1. The Morgan fingerprint density at radius 1 is 1.13 bits per heavy atom. The van der Waals surface area contributed by atoms with Crippen molar-refractivity contribution in [1.29, 1.82) is 0 Å². The number of benzene rings is 3. The third kappa shape index (κ3) is 5.04. The smallest absolute Gasteiger partial charge is 0.343 e. The first-order valence-electron chi connectivity index (χ1n) is 9.51. The molecule has 0 unspecified atom stereocenters. The predicted molar refractivity (Wildman–Crippen MR) is 120 cm³/mol. The second-order valence-corrected chi connectivity index (χ2v) is 7.42. The molecule has 0 saturated heterocycles. The van der Waals surface area contributed by atoms with E-state index in [0.29, 0.717) is 17.5 Å². The zero-order chi connectivity index (χ0) is 21.6. The number of halogens is 1. The third-order valence-electron chi connectivity index (χ3n) is 4.22. The zero-order valence-electron chi connectivity index (χ0n) is 16.5. The van der Waals surface area contributed by atoms with E-state index in [9.17, 15) is 9.18 Å². The van der Waals surface area contributed by atoms with Gasteiger partial charge in [0.05, 0.1) is 28.6 Å². The van der Waals surface area contributed by atoms with Crippen LogP contribution in [0.1, 0.15) is 22.8 Å². The molecule has 0 fully saturated rings. The van der Waals surface area contributed by atoms with Crippen LogP contribution in [0, 0.1) is 5.82 Å². The van der Waals surface area contributed by atoms with E-state index >= 15 is 0 Å². The fourth-order valence-electron chi connectivity index (χ4n) is 2.78. The van der Waals surface area contributed by atoms with Gasteiger partial charge in [-0.05, 0) is 67.1 Å². The summed E-state index contributed by atoms with van der Waals surface area (Å²) < 4.78 is 25.2. The highest BCUT2D eigenvalue weighted by Crippen LogP contribution is 2.29. The molecule has 0 atom stereocenters. The first kappa shape index (κ1) is 20.5. The fourth-order valence-corrected chi connectivity index (χ4v) is 3.60. The summed E-state index contributed by atoms with van der Waals surface area (Å²) in [4.78, 5) is 16.8. The van der Waals surface area contributed by atoms with Crippen LogP contribution in [0.2, 0.25) is 0 Å². The number of hydrogen-bond acceptors (Lipinski definition) is 7. The van der Waals surface area contributed by atoms with Crippen molar-refractivity contribution in [2.75, 3.05) is 12.0 Å². The minimum absolute atomic E-state index is 0.245. The van der Waals surface area contributed by atoms with Gasteiger partial charge in [-0.15, -0.1) is 0 Å². The molecule has 0 saturated carbocycles. The highest BCUT2D eigenvalue weighted by Gasteiger charge is 2.13. The molecule has 31 heavy (non-hydrogen) atoms. The van der Waals surface area contributed by atoms with Gasteiger partial charge >= 0.3 is 5.97 Å². The molecule has 0 aliphatic carbocycles. The molecular formula is C23H18FN3O3S. The number of esters is 1. The maximum Gasteiger partial charge on any atom is 0.343 e. The molecule has 0 bridgehead atoms. The number of thiazole rings is 1. The fraction of sp³-hybridized carbons (Fsp3) is 0.0870. The molecule has 4 aromatic rings. The number of para-hydroxylation sites is 1. The monoisotopic (exact) mass is 435 g/mol. The van der Waals surface area contributed by atoms with Crippen molar-refractivity contribution in [3.63, 3.8) is 0 Å². The van der Waals surface area contributed by atoms with Crippen molar-refractivity contribution >= 4 is 38.9 Å². The SMILES string of the molecule is CCOc1cc(C=NNc2nc3ccccc3s2)ccc1OC(=O)c1ccc(F)cc1. The summed E-state index contributed by atoms with van der Waals surface area (Å²) in [5.74, 6) is -0.344. The lowest BCUT2D eigenvalue weighted by Crippen LogP contribution is -2.10. The van der Waals surface area contributed by atoms with Crippen LogP contribution in [0.5, 0.6) is 11.5 Å². The number of ether oxygens (including phenoxy) is 2. The van der Waals surface area contributed by atoms with E-state index in [1.54, 1.807) is 24.4 Å². The largest absolute Gasteiger partial charge is 0.490 e. The highest BCUT2D eigenvalue weighted by molar-refractivity contribution is 7.22. The Kier molecular flexibility index (Phi) is 6.18. The van der Waals surface area contributed by atoms with Crippen LogP contribution in [-0.4, -0.2) is 23.8 Å². The van der Waals surface area contributed by atoms with E-state index in [-0.39, 0.29) is 11.3 Å². The van der Waals surface area contributed by atoms with Crippen molar-refractivity contribution in [2.45, 2.75) is 6.92 Å². The molecule has 0 radical (unpaired) electrons. The summed E-state index contributed by atoms with van der Waals surface area (Å²) in [6.45, 7) is 2.23. The second-order valence-electron chi connectivity index (χ2n) is 6.39. The van der Waals surface area contributed by atoms with Gasteiger partial charge in [0.1, 0.15) is 5.82 Å². The van der Waals surface area contributed by atoms with Crippen LogP contribution in [0.3, 0.4) is 0 Å². The quantitative estimate of drug-likeness (QED) is 0.180. The lowest BCUT2D eigenvalue weighted by atomic mass is 10.2. The van der Waals surface area contributed by atoms with Gasteiger partial charge in [-0.3, -0.25) is 5.43 Å². The number of anilines is 1. The van der Waals surface area contributed by atoms with Crippen molar-refractivity contribution in [1.82, 2.24) is 4.98 Å². The second kappa shape index (κ2) is 9.36. The summed E-state index contributed by atoms with van der Waals surface area (Å²) in [5.41, 5.74) is 4.83. The van der Waals surface area contributed by atoms with Gasteiger partial charge in [0, 0.05) is 0 Å². The lowest BCUT2D eigenvalue weighted by molar-refractivity contribution is 0.0728. The van der Waals surface area contributed by atoms with Gasteiger partial charge in [0.25, 0.3) is 0 Å². The van der Waals surface area contributed by atoms with Gasteiger partial charge in [0.2, 0.25) is 5.13 Å². The minimum atomic E-state index is -0.597. The maximum absolute atomic E-state index is 13.1. The first-order chi connectivity index (χ1) is 15.1. The standard InChI is InChI=1S/C23H18FN3O3S/c1-2-29-20-13-15(14-25-27-23-26-18-5-3-4-6-21(18)31-23)7-12-19(20)30-22(28)16-8-10-17(24)11-9-16/h3-14H,2H2,1H3,(H,26,27). The predicted octanol–water partition coefficient (Wildman–Crippen LogP) is 5.50. The number of aromatic nitrogens is 1. The number of hydrazone groups is 1. The van der Waals surface area contributed by atoms with E-state index in [0.717, 1.165) is 15.8 Å². The van der Waals surface area contributed by atoms with Crippen LogP contribution in [-0.2, 0) is 0 Å². The van der Waals surface area contributed by atoms with Gasteiger partial charge in [-0.1, -0.05) is 23.5 Å². The maximum atomic E-state index is 13.1. The van der Waals surface area contributed by atoms with E-state index in [2.05, 4.69) is 15.5 Å². The number of nitrogens with zero attached hydrogens (tertiary/aromatic N) is 2. The Bertz CT molecular complexity index is 1210. The van der Waals surface area contributed by atoms with E-state index in [4.69, 9.17) is 9.47 Å². The number of carbonyl (C=O) groups excluding carboxylic acids is 1. The summed E-state index contributed by atoms with van der Waals surface area (Å²) in [7, 11) is 0. The van der Waals surface area contributed by atoms with Gasteiger partial charge in [0.15, 0.2) is 11.5 Å². The van der Waals surface area contributed by atoms with Crippen molar-refractivity contribution in [3.05, 3.63) is 83.7 Å². The van der Waals surface area contributed by atoms with Gasteiger partial charge < -0.3 is 9.47 Å². The Hall–Kier alpha value is -3.78. The molecule has 0 aliphatic rings. The number of fused-ring (bicyclic) bond motifs is 1. The summed E-state index contributed by atoms with van der Waals surface area (Å²) in [6, 6.07) is 18.1. The topological polar surface area (TPSA) is 72.8 Å². The van der Waals surface area contributed by atoms with Crippen molar-refractivity contribution in [2.24, 2.45) is 5.10 Å². The molecule has 0 spiro atoms. The van der Waals surface area contributed by atoms with E-state index in [1.165, 1.54) is 35.6 Å². The molecule has 8 heteroatoms. The molecular weight excluding hydrogens is 417 g/mol. The number of rotatable bonds is 7. The number of nitrogens with one attached hydrogen (secondary N) is 1. The summed E-state index contributed by atoms with van der Waals surface area (Å²) in [5, 5.41) is 4.92. The molecule has 6 nitrogen and oxygen atoms in total. The minimum Gasteiger partial charge on any atom is -0.490 e. The molecule has 1 heterocycles. The highest BCUT2D eigenvalue weighted by atomic mass is 32.1. The lowest BCUT2D eigenvalue weighted by Gasteiger charge is -2.11. The first-order valence-corrected chi connectivity index (χ1v) is 10.3. The van der Waals surface area contributed by atoms with Crippen LogP contribution < -0.4 is 14.9 Å². The van der Waals surface area contributed by atoms with Crippen LogP contribution in [0.4, 0.5) is 9.52 Å². The Morgan fingerprint density at radius 3 is 2.71 bits per heavy atom. The Labute approximate surface area is 182 Å². The molecule has 1 N–H and O–H groups in total. The van der Waals surface area contributed by atoms with Crippen molar-refractivity contribution in [3.8, 4) is 11.5 Å². The molecule has 0 aliphatic heterocycles. The average molecular weight is 435 g/mol. The molecule has 0 amide bonds. The average Bonchev–Trinajstić information content (AvgIpc) is 3.19. The third-order valence-corrected chi connectivity index (χ3v) is 5.16. The van der Waals surface area contributed by atoms with E-state index in [1.807, 2.05) is 31.2 Å². The van der Waals surface area contributed by atoms with Crippen LogP contribution in [0.15, 0.2) is 71.8 Å². The van der Waals surface area contributed by atoms with E-state index < -0.39 is 11.8 Å². The zero-order valence-corrected chi connectivity index (χ0v) is 17.4.